The molecule has 4 rings (SSSR count). The van der Waals surface area contributed by atoms with Crippen LogP contribution in [-0.2, 0) is 18.9 Å². The van der Waals surface area contributed by atoms with Gasteiger partial charge in [0.05, 0.1) is 39.6 Å². The second-order valence-corrected chi connectivity index (χ2v) is 15.4. The number of carbonyl (C=O) groups excluding carboxylic acids is 2. The van der Waals surface area contributed by atoms with Gasteiger partial charge in [-0.15, -0.1) is 0 Å². The van der Waals surface area contributed by atoms with Crippen molar-refractivity contribution in [1.29, 1.82) is 0 Å². The lowest BCUT2D eigenvalue weighted by Crippen LogP contribution is -2.17. The van der Waals surface area contributed by atoms with Crippen molar-refractivity contribution in [3.8, 4) is 45.3 Å². The third-order valence-electron chi connectivity index (χ3n) is 10.3. The molecule has 0 radical (unpaired) electrons. The number of ether oxygens (including phenoxy) is 8. The summed E-state index contributed by atoms with van der Waals surface area (Å²) in [6, 6.07) is 30.5. The number of hydrogen-bond donors (Lipinski definition) is 0. The van der Waals surface area contributed by atoms with E-state index in [1.165, 1.54) is 89.9 Å². The average molecular weight is 855 g/mol. The van der Waals surface area contributed by atoms with Gasteiger partial charge in [0.25, 0.3) is 0 Å². The molecule has 0 fully saturated rings. The third-order valence-corrected chi connectivity index (χ3v) is 10.3. The van der Waals surface area contributed by atoms with Gasteiger partial charge in [-0.25, -0.2) is 9.59 Å². The molecule has 338 valence electrons. The predicted molar refractivity (Wildman–Crippen MR) is 246 cm³/mol. The molecule has 0 heterocycles. The van der Waals surface area contributed by atoms with Crippen molar-refractivity contribution in [3.63, 3.8) is 0 Å². The molecule has 4 aromatic rings. The Kier molecular flexibility index (Phi) is 25.4. The Labute approximate surface area is 370 Å². The van der Waals surface area contributed by atoms with E-state index in [0.717, 1.165) is 59.8 Å². The molecule has 10 nitrogen and oxygen atoms in total. The van der Waals surface area contributed by atoms with Gasteiger partial charge >= 0.3 is 12.3 Å². The zero-order valence-corrected chi connectivity index (χ0v) is 37.3. The highest BCUT2D eigenvalue weighted by Crippen LogP contribution is 2.27. The first-order valence-corrected chi connectivity index (χ1v) is 23.1. The number of carbonyl (C=O) groups is 2. The van der Waals surface area contributed by atoms with Crippen LogP contribution in [0.5, 0.6) is 23.0 Å². The second-order valence-electron chi connectivity index (χ2n) is 15.4. The summed E-state index contributed by atoms with van der Waals surface area (Å²) in [5, 5.41) is 0. The van der Waals surface area contributed by atoms with Crippen LogP contribution in [0.15, 0.2) is 97.1 Å². The minimum Gasteiger partial charge on any atom is -0.494 e. The Bertz CT molecular complexity index is 1610. The fourth-order valence-electron chi connectivity index (χ4n) is 6.71. The summed E-state index contributed by atoms with van der Waals surface area (Å²) in [7, 11) is 0. The third kappa shape index (κ3) is 21.6. The van der Waals surface area contributed by atoms with Crippen LogP contribution in [0.4, 0.5) is 9.59 Å². The summed E-state index contributed by atoms with van der Waals surface area (Å²) in [5.74, 6) is 2.50. The minimum absolute atomic E-state index is 0.0288. The quantitative estimate of drug-likeness (QED) is 0.0261. The van der Waals surface area contributed by atoms with Crippen LogP contribution in [-0.4, -0.2) is 65.2 Å². The summed E-state index contributed by atoms with van der Waals surface area (Å²) >= 11 is 0. The molecule has 0 aliphatic heterocycles. The van der Waals surface area contributed by atoms with Crippen LogP contribution in [0.3, 0.4) is 0 Å². The molecule has 0 aliphatic carbocycles. The summed E-state index contributed by atoms with van der Waals surface area (Å²) in [5.41, 5.74) is 4.08. The zero-order chi connectivity index (χ0) is 43.7. The highest BCUT2D eigenvalue weighted by molar-refractivity contribution is 5.68. The SMILES string of the molecule is CCCCCCCCCCOc1ccc(-c2ccc(OC(=O)OCCOCCOCCOC(=O)Oc3ccc(-c4ccc(OCCCCCCCCCC)cc4)cc3)cc2)cc1. The zero-order valence-electron chi connectivity index (χ0n) is 37.3. The van der Waals surface area contributed by atoms with Crippen molar-refractivity contribution in [3.05, 3.63) is 97.1 Å². The van der Waals surface area contributed by atoms with Crippen molar-refractivity contribution in [1.82, 2.24) is 0 Å². The molecule has 10 heteroatoms. The van der Waals surface area contributed by atoms with Crippen molar-refractivity contribution >= 4 is 12.3 Å². The number of unbranched alkanes of at least 4 members (excludes halogenated alkanes) is 14. The summed E-state index contributed by atoms with van der Waals surface area (Å²) in [6.45, 7) is 6.93. The standard InChI is InChI=1S/C52H70O10/c1-3-5-7-9-11-13-15-17-35-57-47-27-19-43(20-28-47)45-23-31-49(32-24-45)61-51(53)59-41-39-55-37-38-56-40-42-60-52(54)62-50-33-25-46(26-34-50)44-21-29-48(30-22-44)58-36-18-16-14-12-10-8-6-4-2/h19-34H,3-18,35-42H2,1-2H3. The van der Waals surface area contributed by atoms with E-state index in [1.54, 1.807) is 24.3 Å². The maximum atomic E-state index is 12.1. The van der Waals surface area contributed by atoms with Crippen LogP contribution in [0, 0.1) is 0 Å². The molecule has 4 aromatic carbocycles. The Morgan fingerprint density at radius 3 is 0.919 bits per heavy atom. The smallest absolute Gasteiger partial charge is 0.494 e. The van der Waals surface area contributed by atoms with E-state index in [0.29, 0.717) is 11.5 Å². The maximum absolute atomic E-state index is 12.1. The average Bonchev–Trinajstić information content (AvgIpc) is 3.29. The van der Waals surface area contributed by atoms with Gasteiger partial charge in [-0.3, -0.25) is 0 Å². The van der Waals surface area contributed by atoms with E-state index in [2.05, 4.69) is 13.8 Å². The van der Waals surface area contributed by atoms with Crippen LogP contribution in [0.1, 0.15) is 117 Å². The van der Waals surface area contributed by atoms with E-state index in [4.69, 9.17) is 37.9 Å². The number of benzene rings is 4. The highest BCUT2D eigenvalue weighted by Gasteiger charge is 2.09. The van der Waals surface area contributed by atoms with Gasteiger partial charge in [-0.2, -0.15) is 0 Å². The molecule has 0 atom stereocenters. The number of rotatable bonds is 33. The van der Waals surface area contributed by atoms with Gasteiger partial charge in [0.1, 0.15) is 36.2 Å². The number of hydrogen-bond acceptors (Lipinski definition) is 10. The second kappa shape index (κ2) is 31.7. The summed E-state index contributed by atoms with van der Waals surface area (Å²) < 4.78 is 43.5. The van der Waals surface area contributed by atoms with E-state index < -0.39 is 12.3 Å². The van der Waals surface area contributed by atoms with Gasteiger partial charge in [0.2, 0.25) is 0 Å². The molecular formula is C52H70O10. The molecule has 0 spiro atoms. The van der Waals surface area contributed by atoms with Gasteiger partial charge in [0, 0.05) is 0 Å². The van der Waals surface area contributed by atoms with E-state index in [-0.39, 0.29) is 39.6 Å². The molecule has 0 N–H and O–H groups in total. The first-order valence-electron chi connectivity index (χ1n) is 23.1. The molecule has 0 saturated heterocycles. The van der Waals surface area contributed by atoms with Crippen LogP contribution in [0.2, 0.25) is 0 Å². The lowest BCUT2D eigenvalue weighted by Gasteiger charge is -2.09. The Morgan fingerprint density at radius 2 is 0.597 bits per heavy atom. The molecule has 0 amide bonds. The van der Waals surface area contributed by atoms with Gasteiger partial charge in [0.15, 0.2) is 0 Å². The molecule has 0 aliphatic rings. The predicted octanol–water partition coefficient (Wildman–Crippen LogP) is 13.8. The Morgan fingerprint density at radius 1 is 0.323 bits per heavy atom. The van der Waals surface area contributed by atoms with Gasteiger partial charge in [-0.1, -0.05) is 152 Å². The Hall–Kier alpha value is -5.06. The first kappa shape index (κ1) is 49.6. The van der Waals surface area contributed by atoms with Crippen LogP contribution >= 0.6 is 0 Å². The van der Waals surface area contributed by atoms with Gasteiger partial charge < -0.3 is 37.9 Å². The van der Waals surface area contributed by atoms with Crippen molar-refractivity contribution in [2.75, 3.05) is 52.9 Å². The molecule has 62 heavy (non-hydrogen) atoms. The molecule has 0 unspecified atom stereocenters. The van der Waals surface area contributed by atoms with E-state index in [9.17, 15) is 9.59 Å². The van der Waals surface area contributed by atoms with Crippen molar-refractivity contribution in [2.45, 2.75) is 117 Å². The fraction of sp³-hybridized carbons (Fsp3) is 0.500. The molecule has 0 bridgehead atoms. The van der Waals surface area contributed by atoms with Crippen molar-refractivity contribution < 1.29 is 47.5 Å². The Balaban J connectivity index is 0.961. The maximum Gasteiger partial charge on any atom is 0.513 e. The highest BCUT2D eigenvalue weighted by atomic mass is 16.7. The van der Waals surface area contributed by atoms with Gasteiger partial charge in [-0.05, 0) is 83.6 Å². The monoisotopic (exact) mass is 854 g/mol. The van der Waals surface area contributed by atoms with Crippen molar-refractivity contribution in [2.24, 2.45) is 0 Å². The molecule has 0 aromatic heterocycles. The molecular weight excluding hydrogens is 785 g/mol. The fourth-order valence-corrected chi connectivity index (χ4v) is 6.71. The summed E-state index contributed by atoms with van der Waals surface area (Å²) in [6.07, 6.45) is 18.8. The van der Waals surface area contributed by atoms with E-state index >= 15 is 0 Å². The normalized spacial score (nSPS) is 10.9. The first-order chi connectivity index (χ1) is 30.5. The summed E-state index contributed by atoms with van der Waals surface area (Å²) in [4.78, 5) is 24.3. The van der Waals surface area contributed by atoms with Crippen LogP contribution < -0.4 is 18.9 Å². The lowest BCUT2D eigenvalue weighted by molar-refractivity contribution is 0.00679. The largest absolute Gasteiger partial charge is 0.513 e. The van der Waals surface area contributed by atoms with Crippen LogP contribution in [0.25, 0.3) is 22.3 Å². The topological polar surface area (TPSA) is 108 Å². The molecule has 0 saturated carbocycles. The minimum atomic E-state index is -0.810. The lowest BCUT2D eigenvalue weighted by atomic mass is 10.1. The van der Waals surface area contributed by atoms with E-state index in [1.807, 2.05) is 72.8 Å².